The van der Waals surface area contributed by atoms with E-state index in [1.165, 1.54) is 12.0 Å². The first-order valence-corrected chi connectivity index (χ1v) is 5.88. The molecule has 1 atom stereocenters. The number of carbonyl (C=O) groups is 2. The van der Waals surface area contributed by atoms with Gasteiger partial charge in [-0.2, -0.15) is 0 Å². The number of rotatable bonds is 4. The maximum Gasteiger partial charge on any atom is 0.328 e. The molecule has 1 saturated carbocycles. The molecule has 1 aromatic heterocycles. The molecule has 1 aliphatic carbocycles. The van der Waals surface area contributed by atoms with Crippen molar-refractivity contribution in [3.05, 3.63) is 17.5 Å². The summed E-state index contributed by atoms with van der Waals surface area (Å²) in [5.41, 5.74) is 0.639. The summed E-state index contributed by atoms with van der Waals surface area (Å²) in [6.07, 6.45) is 1.81. The van der Waals surface area contributed by atoms with Crippen LogP contribution in [0.5, 0.6) is 0 Å². The molecule has 1 heterocycles. The van der Waals surface area contributed by atoms with E-state index < -0.39 is 12.0 Å². The topological polar surface area (TPSA) is 72.6 Å². The molecule has 1 fully saturated rings. The van der Waals surface area contributed by atoms with Crippen molar-refractivity contribution < 1.29 is 18.8 Å². The second-order valence-corrected chi connectivity index (χ2v) is 4.48. The number of carbonyl (C=O) groups excluding carboxylic acids is 2. The molecule has 18 heavy (non-hydrogen) atoms. The van der Waals surface area contributed by atoms with Gasteiger partial charge in [-0.3, -0.25) is 4.79 Å². The number of nitrogens with zero attached hydrogens (tertiary/aromatic N) is 2. The van der Waals surface area contributed by atoms with Gasteiger partial charge in [-0.05, 0) is 26.7 Å². The fraction of sp³-hybridized carbons (Fsp3) is 0.583. The first-order chi connectivity index (χ1) is 8.54. The number of ether oxygens (including phenoxy) is 1. The highest BCUT2D eigenvalue weighted by Crippen LogP contribution is 2.30. The number of amides is 1. The van der Waals surface area contributed by atoms with Gasteiger partial charge in [0.15, 0.2) is 0 Å². The second-order valence-electron chi connectivity index (χ2n) is 4.48. The van der Waals surface area contributed by atoms with Crippen molar-refractivity contribution in [2.24, 2.45) is 0 Å². The lowest BCUT2D eigenvalue weighted by atomic mass is 10.2. The first kappa shape index (κ1) is 12.6. The molecule has 0 spiro atoms. The van der Waals surface area contributed by atoms with Gasteiger partial charge in [0.25, 0.3) is 5.91 Å². The summed E-state index contributed by atoms with van der Waals surface area (Å²) in [6.45, 7) is 3.40. The van der Waals surface area contributed by atoms with E-state index in [2.05, 4.69) is 9.89 Å². The Morgan fingerprint density at radius 2 is 2.22 bits per heavy atom. The number of hydrogen-bond acceptors (Lipinski definition) is 5. The van der Waals surface area contributed by atoms with Gasteiger partial charge in [0.2, 0.25) is 5.76 Å². The molecular weight excluding hydrogens is 236 g/mol. The van der Waals surface area contributed by atoms with E-state index in [4.69, 9.17) is 4.52 Å². The van der Waals surface area contributed by atoms with E-state index in [9.17, 15) is 9.59 Å². The normalized spacial score (nSPS) is 16.2. The Labute approximate surface area is 105 Å². The zero-order valence-corrected chi connectivity index (χ0v) is 10.7. The summed E-state index contributed by atoms with van der Waals surface area (Å²) in [5, 5.41) is 3.69. The molecule has 0 N–H and O–H groups in total. The Morgan fingerprint density at radius 1 is 1.56 bits per heavy atom. The van der Waals surface area contributed by atoms with Crippen LogP contribution < -0.4 is 0 Å². The standard InChI is InChI=1S/C12H16N2O4/c1-7-6-10(18-13-7)11(15)14(9-4-5-9)8(2)12(16)17-3/h6,8-9H,4-5H2,1-3H3/t8-/m1/s1. The van der Waals surface area contributed by atoms with Gasteiger partial charge in [-0.25, -0.2) is 4.79 Å². The largest absolute Gasteiger partial charge is 0.467 e. The summed E-state index contributed by atoms with van der Waals surface area (Å²) in [4.78, 5) is 25.4. The van der Waals surface area contributed by atoms with Crippen molar-refractivity contribution in [1.82, 2.24) is 10.1 Å². The average Bonchev–Trinajstić information content (AvgIpc) is 3.09. The third-order valence-corrected chi connectivity index (χ3v) is 2.97. The fourth-order valence-electron chi connectivity index (χ4n) is 1.89. The van der Waals surface area contributed by atoms with E-state index in [1.807, 2.05) is 0 Å². The maximum absolute atomic E-state index is 12.3. The Balaban J connectivity index is 2.20. The molecular formula is C12H16N2O4. The molecule has 2 rings (SSSR count). The Kier molecular flexibility index (Phi) is 3.36. The van der Waals surface area contributed by atoms with Gasteiger partial charge in [-0.15, -0.1) is 0 Å². The summed E-state index contributed by atoms with van der Waals surface area (Å²) in [7, 11) is 1.31. The Bertz CT molecular complexity index is 464. The molecule has 0 aliphatic heterocycles. The van der Waals surface area contributed by atoms with Crippen molar-refractivity contribution in [3.63, 3.8) is 0 Å². The molecule has 0 aromatic carbocycles. The summed E-state index contributed by atoms with van der Waals surface area (Å²) in [5.74, 6) is -0.572. The number of esters is 1. The second kappa shape index (κ2) is 4.80. The van der Waals surface area contributed by atoms with Crippen LogP contribution in [0.4, 0.5) is 0 Å². The third kappa shape index (κ3) is 2.37. The van der Waals surface area contributed by atoms with E-state index in [1.54, 1.807) is 19.9 Å². The van der Waals surface area contributed by atoms with Crippen LogP contribution in [-0.4, -0.2) is 41.1 Å². The Morgan fingerprint density at radius 3 is 2.67 bits per heavy atom. The van der Waals surface area contributed by atoms with Gasteiger partial charge >= 0.3 is 5.97 Å². The lowest BCUT2D eigenvalue weighted by Crippen LogP contribution is -2.45. The van der Waals surface area contributed by atoms with Gasteiger partial charge in [-0.1, -0.05) is 5.16 Å². The third-order valence-electron chi connectivity index (χ3n) is 2.97. The zero-order chi connectivity index (χ0) is 13.3. The van der Waals surface area contributed by atoms with Crippen molar-refractivity contribution in [1.29, 1.82) is 0 Å². The van der Waals surface area contributed by atoms with Crippen LogP contribution in [0, 0.1) is 6.92 Å². The monoisotopic (exact) mass is 252 g/mol. The lowest BCUT2D eigenvalue weighted by Gasteiger charge is -2.26. The van der Waals surface area contributed by atoms with Crippen LogP contribution in [0.2, 0.25) is 0 Å². The predicted molar refractivity (Wildman–Crippen MR) is 61.9 cm³/mol. The van der Waals surface area contributed by atoms with Gasteiger partial charge in [0, 0.05) is 12.1 Å². The molecule has 1 amide bonds. The maximum atomic E-state index is 12.3. The van der Waals surface area contributed by atoms with Crippen molar-refractivity contribution >= 4 is 11.9 Å². The molecule has 0 bridgehead atoms. The molecule has 6 heteroatoms. The molecule has 1 aromatic rings. The van der Waals surface area contributed by atoms with Gasteiger partial charge in [0.05, 0.1) is 12.8 Å². The SMILES string of the molecule is COC(=O)[C@@H](C)N(C(=O)c1cc(C)no1)C1CC1. The fourth-order valence-corrected chi connectivity index (χ4v) is 1.89. The summed E-state index contributed by atoms with van der Waals surface area (Å²) in [6, 6.07) is 1.05. The van der Waals surface area contributed by atoms with Crippen LogP contribution in [0.25, 0.3) is 0 Å². The molecule has 6 nitrogen and oxygen atoms in total. The number of aryl methyl sites for hydroxylation is 1. The van der Waals surface area contributed by atoms with Gasteiger partial charge < -0.3 is 14.2 Å². The molecule has 0 saturated heterocycles. The first-order valence-electron chi connectivity index (χ1n) is 5.88. The molecule has 0 radical (unpaired) electrons. The van der Waals surface area contributed by atoms with E-state index >= 15 is 0 Å². The molecule has 0 unspecified atom stereocenters. The number of methoxy groups -OCH3 is 1. The van der Waals surface area contributed by atoms with E-state index in [-0.39, 0.29) is 17.7 Å². The number of hydrogen-bond donors (Lipinski definition) is 0. The minimum Gasteiger partial charge on any atom is -0.467 e. The van der Waals surface area contributed by atoms with Crippen LogP contribution in [0.1, 0.15) is 36.0 Å². The van der Waals surface area contributed by atoms with Crippen molar-refractivity contribution in [3.8, 4) is 0 Å². The zero-order valence-electron chi connectivity index (χ0n) is 10.7. The highest BCUT2D eigenvalue weighted by Gasteiger charge is 2.40. The summed E-state index contributed by atoms with van der Waals surface area (Å²) < 4.78 is 9.64. The van der Waals surface area contributed by atoms with Crippen LogP contribution in [-0.2, 0) is 9.53 Å². The predicted octanol–water partition coefficient (Wildman–Crippen LogP) is 1.15. The van der Waals surface area contributed by atoms with Crippen LogP contribution in [0.3, 0.4) is 0 Å². The highest BCUT2D eigenvalue weighted by molar-refractivity contribution is 5.94. The minimum atomic E-state index is -0.611. The smallest absolute Gasteiger partial charge is 0.328 e. The van der Waals surface area contributed by atoms with E-state index in [0.717, 1.165) is 12.8 Å². The highest BCUT2D eigenvalue weighted by atomic mass is 16.5. The quantitative estimate of drug-likeness (QED) is 0.751. The Hall–Kier alpha value is -1.85. The van der Waals surface area contributed by atoms with Gasteiger partial charge in [0.1, 0.15) is 6.04 Å². The molecule has 1 aliphatic rings. The lowest BCUT2D eigenvalue weighted by molar-refractivity contribution is -0.145. The van der Waals surface area contributed by atoms with Crippen LogP contribution in [0.15, 0.2) is 10.6 Å². The average molecular weight is 252 g/mol. The minimum absolute atomic E-state index is 0.0945. The van der Waals surface area contributed by atoms with Crippen LogP contribution >= 0.6 is 0 Å². The number of aromatic nitrogens is 1. The van der Waals surface area contributed by atoms with Crippen molar-refractivity contribution in [2.45, 2.75) is 38.8 Å². The van der Waals surface area contributed by atoms with E-state index in [0.29, 0.717) is 5.69 Å². The molecule has 98 valence electrons. The summed E-state index contributed by atoms with van der Waals surface area (Å²) >= 11 is 0. The van der Waals surface area contributed by atoms with Crippen molar-refractivity contribution in [2.75, 3.05) is 7.11 Å².